The van der Waals surface area contributed by atoms with E-state index < -0.39 is 0 Å². The monoisotopic (exact) mass is 269 g/mol. The van der Waals surface area contributed by atoms with E-state index in [0.29, 0.717) is 11.3 Å². The van der Waals surface area contributed by atoms with Gasteiger partial charge in [0, 0.05) is 12.1 Å². The van der Waals surface area contributed by atoms with Crippen molar-refractivity contribution in [3.8, 4) is 0 Å². The Morgan fingerprint density at radius 3 is 2.89 bits per heavy atom. The number of rotatable bonds is 6. The molecule has 0 aromatic carbocycles. The van der Waals surface area contributed by atoms with Gasteiger partial charge in [0.1, 0.15) is 17.3 Å². The van der Waals surface area contributed by atoms with Crippen molar-refractivity contribution in [2.75, 3.05) is 18.5 Å². The van der Waals surface area contributed by atoms with Crippen molar-refractivity contribution in [3.63, 3.8) is 0 Å². The van der Waals surface area contributed by atoms with Crippen LogP contribution in [-0.2, 0) is 11.2 Å². The number of hydrogen-bond acceptors (Lipinski definition) is 4. The maximum atomic E-state index is 6.02. The highest BCUT2D eigenvalue weighted by atomic mass is 35.5. The molecule has 0 amide bonds. The molecule has 1 N–H and O–H groups in total. The Morgan fingerprint density at radius 1 is 1.39 bits per heavy atom. The summed E-state index contributed by atoms with van der Waals surface area (Å²) < 4.78 is 5.79. The molecule has 4 nitrogen and oxygen atoms in total. The van der Waals surface area contributed by atoms with E-state index in [4.69, 9.17) is 16.3 Å². The SMILES string of the molecule is CCc1c(Cl)ncnc1NCCOC1CCCC1. The number of nitrogens with zero attached hydrogens (tertiary/aromatic N) is 2. The molecule has 0 spiro atoms. The van der Waals surface area contributed by atoms with Gasteiger partial charge in [-0.2, -0.15) is 0 Å². The van der Waals surface area contributed by atoms with Crippen LogP contribution in [0.5, 0.6) is 0 Å². The van der Waals surface area contributed by atoms with Crippen molar-refractivity contribution in [3.05, 3.63) is 17.0 Å². The van der Waals surface area contributed by atoms with E-state index in [-0.39, 0.29) is 0 Å². The summed E-state index contributed by atoms with van der Waals surface area (Å²) in [5.74, 6) is 0.826. The number of aromatic nitrogens is 2. The Morgan fingerprint density at radius 2 is 2.17 bits per heavy atom. The second-order valence-electron chi connectivity index (χ2n) is 4.55. The quantitative estimate of drug-likeness (QED) is 0.637. The first kappa shape index (κ1) is 13.6. The maximum absolute atomic E-state index is 6.02. The molecule has 1 aromatic rings. The third-order valence-electron chi connectivity index (χ3n) is 3.30. The molecule has 1 aliphatic carbocycles. The average molecular weight is 270 g/mol. The van der Waals surface area contributed by atoms with Crippen molar-refractivity contribution >= 4 is 17.4 Å². The summed E-state index contributed by atoms with van der Waals surface area (Å²) in [5, 5.41) is 3.80. The highest BCUT2D eigenvalue weighted by Gasteiger charge is 2.14. The molecule has 0 atom stereocenters. The molecule has 2 rings (SSSR count). The van der Waals surface area contributed by atoms with E-state index in [2.05, 4.69) is 15.3 Å². The highest BCUT2D eigenvalue weighted by Crippen LogP contribution is 2.21. The molecular formula is C13H20ClN3O. The topological polar surface area (TPSA) is 47.0 Å². The molecule has 0 unspecified atom stereocenters. The molecule has 100 valence electrons. The zero-order valence-electron chi connectivity index (χ0n) is 10.8. The van der Waals surface area contributed by atoms with Crippen LogP contribution in [0.25, 0.3) is 0 Å². The van der Waals surface area contributed by atoms with Gasteiger partial charge >= 0.3 is 0 Å². The molecule has 0 saturated heterocycles. The summed E-state index contributed by atoms with van der Waals surface area (Å²) in [7, 11) is 0. The molecule has 1 aliphatic rings. The lowest BCUT2D eigenvalue weighted by molar-refractivity contribution is 0.0658. The van der Waals surface area contributed by atoms with Crippen molar-refractivity contribution < 1.29 is 4.74 Å². The maximum Gasteiger partial charge on any atom is 0.137 e. The molecule has 1 heterocycles. The van der Waals surface area contributed by atoms with Crippen LogP contribution in [0.4, 0.5) is 5.82 Å². The molecule has 0 aliphatic heterocycles. The number of halogens is 1. The zero-order chi connectivity index (χ0) is 12.8. The van der Waals surface area contributed by atoms with Gasteiger partial charge in [-0.3, -0.25) is 0 Å². The van der Waals surface area contributed by atoms with Crippen molar-refractivity contribution in [2.45, 2.75) is 45.1 Å². The first-order valence-corrected chi connectivity index (χ1v) is 7.04. The van der Waals surface area contributed by atoms with E-state index in [0.717, 1.165) is 31.0 Å². The minimum absolute atomic E-state index is 0.464. The Bertz CT molecular complexity index is 380. The van der Waals surface area contributed by atoms with Gasteiger partial charge in [0.05, 0.1) is 12.7 Å². The van der Waals surface area contributed by atoms with Gasteiger partial charge < -0.3 is 10.1 Å². The number of ether oxygens (including phenoxy) is 1. The van der Waals surface area contributed by atoms with E-state index in [1.165, 1.54) is 32.0 Å². The van der Waals surface area contributed by atoms with Gasteiger partial charge in [-0.05, 0) is 19.3 Å². The van der Waals surface area contributed by atoms with Crippen LogP contribution in [0.2, 0.25) is 5.15 Å². The second kappa shape index (κ2) is 6.90. The molecule has 0 radical (unpaired) electrons. The minimum Gasteiger partial charge on any atom is -0.376 e. The molecule has 1 fully saturated rings. The lowest BCUT2D eigenvalue weighted by Crippen LogP contribution is -2.16. The molecular weight excluding hydrogens is 250 g/mol. The van der Waals surface area contributed by atoms with E-state index in [1.54, 1.807) is 0 Å². The normalized spacial score (nSPS) is 16.1. The lowest BCUT2D eigenvalue weighted by atomic mass is 10.2. The summed E-state index contributed by atoms with van der Waals surface area (Å²) in [6, 6.07) is 0. The Hall–Kier alpha value is -0.870. The van der Waals surface area contributed by atoms with Gasteiger partial charge in [-0.1, -0.05) is 31.4 Å². The zero-order valence-corrected chi connectivity index (χ0v) is 11.5. The van der Waals surface area contributed by atoms with Crippen LogP contribution in [0.3, 0.4) is 0 Å². The lowest BCUT2D eigenvalue weighted by Gasteiger charge is -2.13. The third-order valence-corrected chi connectivity index (χ3v) is 3.62. The standard InChI is InChI=1S/C13H20ClN3O/c1-2-11-12(14)16-9-17-13(11)15-7-8-18-10-5-3-4-6-10/h9-10H,2-8H2,1H3,(H,15,16,17). The molecule has 1 saturated carbocycles. The van der Waals surface area contributed by atoms with Crippen molar-refractivity contribution in [2.24, 2.45) is 0 Å². The summed E-state index contributed by atoms with van der Waals surface area (Å²) in [5.41, 5.74) is 0.972. The summed E-state index contributed by atoms with van der Waals surface area (Å²) in [6.07, 6.45) is 7.80. The van der Waals surface area contributed by atoms with Gasteiger partial charge in [0.25, 0.3) is 0 Å². The summed E-state index contributed by atoms with van der Waals surface area (Å²) in [6.45, 7) is 3.52. The minimum atomic E-state index is 0.464. The van der Waals surface area contributed by atoms with Gasteiger partial charge in [0.2, 0.25) is 0 Å². The van der Waals surface area contributed by atoms with E-state index >= 15 is 0 Å². The second-order valence-corrected chi connectivity index (χ2v) is 4.91. The van der Waals surface area contributed by atoms with Gasteiger partial charge in [-0.25, -0.2) is 9.97 Å². The average Bonchev–Trinajstić information content (AvgIpc) is 2.88. The Kier molecular flexibility index (Phi) is 5.20. The first-order chi connectivity index (χ1) is 8.81. The van der Waals surface area contributed by atoms with Crippen LogP contribution >= 0.6 is 11.6 Å². The number of nitrogens with one attached hydrogen (secondary N) is 1. The Labute approximate surface area is 113 Å². The molecule has 18 heavy (non-hydrogen) atoms. The van der Waals surface area contributed by atoms with Crippen LogP contribution in [0.1, 0.15) is 38.2 Å². The Balaban J connectivity index is 1.77. The third kappa shape index (κ3) is 3.56. The molecule has 1 aromatic heterocycles. The van der Waals surface area contributed by atoms with E-state index in [1.807, 2.05) is 6.92 Å². The summed E-state index contributed by atoms with van der Waals surface area (Å²) in [4.78, 5) is 8.20. The van der Waals surface area contributed by atoms with Crippen LogP contribution in [-0.4, -0.2) is 29.2 Å². The molecule has 5 heteroatoms. The highest BCUT2D eigenvalue weighted by molar-refractivity contribution is 6.30. The predicted molar refractivity (Wildman–Crippen MR) is 73.1 cm³/mol. The van der Waals surface area contributed by atoms with Crippen LogP contribution < -0.4 is 5.32 Å². The fourth-order valence-corrected chi connectivity index (χ4v) is 2.57. The van der Waals surface area contributed by atoms with Crippen molar-refractivity contribution in [1.82, 2.24) is 9.97 Å². The fourth-order valence-electron chi connectivity index (χ4n) is 2.31. The van der Waals surface area contributed by atoms with Gasteiger partial charge in [-0.15, -0.1) is 0 Å². The van der Waals surface area contributed by atoms with E-state index in [9.17, 15) is 0 Å². The smallest absolute Gasteiger partial charge is 0.137 e. The first-order valence-electron chi connectivity index (χ1n) is 6.66. The predicted octanol–water partition coefficient (Wildman–Crippen LogP) is 3.06. The fraction of sp³-hybridized carbons (Fsp3) is 0.692. The molecule has 0 bridgehead atoms. The van der Waals surface area contributed by atoms with Crippen molar-refractivity contribution in [1.29, 1.82) is 0 Å². The largest absolute Gasteiger partial charge is 0.376 e. The number of hydrogen-bond donors (Lipinski definition) is 1. The summed E-state index contributed by atoms with van der Waals surface area (Å²) >= 11 is 6.02. The van der Waals surface area contributed by atoms with Crippen LogP contribution in [0.15, 0.2) is 6.33 Å². The van der Waals surface area contributed by atoms with Gasteiger partial charge in [0.15, 0.2) is 0 Å². The number of anilines is 1. The van der Waals surface area contributed by atoms with Crippen LogP contribution in [0, 0.1) is 0 Å².